The van der Waals surface area contributed by atoms with Gasteiger partial charge in [0.2, 0.25) is 11.8 Å². The van der Waals surface area contributed by atoms with Gasteiger partial charge in [-0.25, -0.2) is 0 Å². The maximum Gasteiger partial charge on any atom is 0.309 e. The minimum atomic E-state index is -0.691. The van der Waals surface area contributed by atoms with Crippen molar-refractivity contribution in [1.82, 2.24) is 10.6 Å². The third-order valence-corrected chi connectivity index (χ3v) is 7.45. The molecular formula is C37H44N2O5. The van der Waals surface area contributed by atoms with Gasteiger partial charge in [-0.1, -0.05) is 103 Å². The normalized spacial score (nSPS) is 13.5. The highest BCUT2D eigenvalue weighted by atomic mass is 16.5. The molecule has 0 saturated heterocycles. The van der Waals surface area contributed by atoms with E-state index in [1.54, 1.807) is 12.2 Å². The minimum Gasteiger partial charge on any atom is -0.463 e. The Morgan fingerprint density at radius 3 is 1.93 bits per heavy atom. The first-order valence-corrected chi connectivity index (χ1v) is 15.1. The number of allylic oxidation sites excluding steroid dienone is 2. The number of hydrogen-bond donors (Lipinski definition) is 3. The average molecular weight is 597 g/mol. The van der Waals surface area contributed by atoms with E-state index in [9.17, 15) is 19.5 Å². The molecule has 0 fully saturated rings. The molecule has 44 heavy (non-hydrogen) atoms. The van der Waals surface area contributed by atoms with E-state index in [1.807, 2.05) is 91.0 Å². The van der Waals surface area contributed by atoms with Gasteiger partial charge in [0, 0.05) is 6.42 Å². The lowest BCUT2D eigenvalue weighted by molar-refractivity contribution is -0.150. The van der Waals surface area contributed by atoms with E-state index in [-0.39, 0.29) is 49.8 Å². The van der Waals surface area contributed by atoms with E-state index < -0.39 is 18.0 Å². The van der Waals surface area contributed by atoms with Crippen LogP contribution in [-0.4, -0.2) is 42.1 Å². The third kappa shape index (κ3) is 11.7. The van der Waals surface area contributed by atoms with E-state index in [2.05, 4.69) is 23.8 Å². The number of carbonyl (C=O) groups excluding carboxylic acids is 3. The average Bonchev–Trinajstić information content (AvgIpc) is 3.05. The summed E-state index contributed by atoms with van der Waals surface area (Å²) in [5.74, 6) is -2.06. The maximum absolute atomic E-state index is 13.5. The zero-order chi connectivity index (χ0) is 31.6. The molecule has 3 rings (SSSR count). The summed E-state index contributed by atoms with van der Waals surface area (Å²) in [5.41, 5.74) is 2.82. The number of ether oxygens (including phenoxy) is 1. The van der Waals surface area contributed by atoms with Crippen LogP contribution in [-0.2, 0) is 32.0 Å². The van der Waals surface area contributed by atoms with Crippen LogP contribution in [0.25, 0.3) is 0 Å². The zero-order valence-corrected chi connectivity index (χ0v) is 25.3. The second kappa shape index (κ2) is 18.9. The first kappa shape index (κ1) is 34.0. The van der Waals surface area contributed by atoms with Crippen molar-refractivity contribution in [1.29, 1.82) is 0 Å². The van der Waals surface area contributed by atoms with E-state index >= 15 is 0 Å². The van der Waals surface area contributed by atoms with Crippen molar-refractivity contribution in [3.63, 3.8) is 0 Å². The van der Waals surface area contributed by atoms with E-state index in [4.69, 9.17) is 4.74 Å². The van der Waals surface area contributed by atoms with Crippen molar-refractivity contribution in [2.45, 2.75) is 50.6 Å². The Morgan fingerprint density at radius 1 is 0.773 bits per heavy atom. The molecule has 0 unspecified atom stereocenters. The SMILES string of the molecule is C=CCC[C@H](Cc1ccccc1)C(=O)OC[C@H](NC(=O)[C@@H](CC=C)CC(=O)N[C@@H](CO)Cc1ccccc1)c1ccccc1. The number of hydrogen-bond acceptors (Lipinski definition) is 5. The van der Waals surface area contributed by atoms with Gasteiger partial charge in [-0.3, -0.25) is 14.4 Å². The molecule has 2 amide bonds. The van der Waals surface area contributed by atoms with Gasteiger partial charge in [0.05, 0.1) is 30.5 Å². The molecule has 7 nitrogen and oxygen atoms in total. The topological polar surface area (TPSA) is 105 Å². The summed E-state index contributed by atoms with van der Waals surface area (Å²) in [4.78, 5) is 39.7. The molecular weight excluding hydrogens is 552 g/mol. The summed E-state index contributed by atoms with van der Waals surface area (Å²) in [7, 11) is 0. The minimum absolute atomic E-state index is 0.0510. The fourth-order valence-electron chi connectivity index (χ4n) is 5.05. The molecule has 0 heterocycles. The lowest BCUT2D eigenvalue weighted by Gasteiger charge is -2.24. The van der Waals surface area contributed by atoms with Crippen LogP contribution in [0.3, 0.4) is 0 Å². The Hall–Kier alpha value is -4.49. The maximum atomic E-state index is 13.5. The van der Waals surface area contributed by atoms with Gasteiger partial charge >= 0.3 is 5.97 Å². The Bertz CT molecular complexity index is 1310. The number of benzene rings is 3. The van der Waals surface area contributed by atoms with Crippen molar-refractivity contribution >= 4 is 17.8 Å². The fourth-order valence-corrected chi connectivity index (χ4v) is 5.05. The van der Waals surface area contributed by atoms with Crippen LogP contribution in [0.15, 0.2) is 116 Å². The lowest BCUT2D eigenvalue weighted by atomic mass is 9.94. The molecule has 0 radical (unpaired) electrons. The van der Waals surface area contributed by atoms with Gasteiger partial charge in [0.1, 0.15) is 6.61 Å². The van der Waals surface area contributed by atoms with Crippen molar-refractivity contribution in [3.05, 3.63) is 133 Å². The van der Waals surface area contributed by atoms with Gasteiger partial charge < -0.3 is 20.5 Å². The van der Waals surface area contributed by atoms with Crippen LogP contribution < -0.4 is 10.6 Å². The quantitative estimate of drug-likeness (QED) is 0.125. The van der Waals surface area contributed by atoms with Crippen molar-refractivity contribution < 1.29 is 24.2 Å². The van der Waals surface area contributed by atoms with Crippen LogP contribution in [0, 0.1) is 11.8 Å². The molecule has 0 aromatic heterocycles. The third-order valence-electron chi connectivity index (χ3n) is 7.45. The van der Waals surface area contributed by atoms with Crippen LogP contribution in [0.1, 0.15) is 48.4 Å². The monoisotopic (exact) mass is 596 g/mol. The number of aliphatic hydroxyl groups is 1. The Labute approximate surface area is 261 Å². The van der Waals surface area contributed by atoms with E-state index in [1.165, 1.54) is 0 Å². The number of aliphatic hydroxyl groups excluding tert-OH is 1. The van der Waals surface area contributed by atoms with Crippen molar-refractivity contribution in [2.75, 3.05) is 13.2 Å². The second-order valence-electron chi connectivity index (χ2n) is 10.9. The van der Waals surface area contributed by atoms with E-state index in [0.717, 1.165) is 16.7 Å². The molecule has 0 aliphatic carbocycles. The predicted octanol–water partition coefficient (Wildman–Crippen LogP) is 5.51. The molecule has 7 heteroatoms. The first-order chi connectivity index (χ1) is 21.4. The number of amides is 2. The number of carbonyl (C=O) groups is 3. The molecule has 4 atom stereocenters. The molecule has 3 aromatic rings. The molecule has 0 bridgehead atoms. The number of rotatable bonds is 19. The standard InChI is InChI=1S/C37H44N2O5/c1-3-5-20-32(23-28-16-9-6-10-17-28)37(43)44-27-34(30-21-13-8-14-22-30)39-36(42)31(15-4-2)25-35(41)38-33(26-40)24-29-18-11-7-12-19-29/h3-4,6-14,16-19,21-22,31-34,40H,1-2,5,15,20,23-27H2,(H,38,41)(H,39,42)/t31-,32+,33+,34-/m0/s1. The zero-order valence-electron chi connectivity index (χ0n) is 25.3. The van der Waals surface area contributed by atoms with Crippen molar-refractivity contribution in [2.24, 2.45) is 11.8 Å². The van der Waals surface area contributed by atoms with Crippen LogP contribution >= 0.6 is 0 Å². The highest BCUT2D eigenvalue weighted by Gasteiger charge is 2.27. The highest BCUT2D eigenvalue weighted by molar-refractivity contribution is 5.86. The molecule has 0 aliphatic rings. The number of esters is 1. The molecule has 0 aliphatic heterocycles. The molecule has 0 saturated carbocycles. The predicted molar refractivity (Wildman–Crippen MR) is 173 cm³/mol. The van der Waals surface area contributed by atoms with E-state index in [0.29, 0.717) is 25.7 Å². The largest absolute Gasteiger partial charge is 0.463 e. The highest BCUT2D eigenvalue weighted by Crippen LogP contribution is 2.20. The first-order valence-electron chi connectivity index (χ1n) is 15.1. The molecule has 232 valence electrons. The Balaban J connectivity index is 1.66. The van der Waals surface area contributed by atoms with Crippen LogP contribution in [0.4, 0.5) is 0 Å². The Kier molecular flexibility index (Phi) is 14.6. The summed E-state index contributed by atoms with van der Waals surface area (Å²) in [6, 6.07) is 27.6. The van der Waals surface area contributed by atoms with Crippen molar-refractivity contribution in [3.8, 4) is 0 Å². The summed E-state index contributed by atoms with van der Waals surface area (Å²) in [6.07, 6.45) is 5.91. The summed E-state index contributed by atoms with van der Waals surface area (Å²) < 4.78 is 5.82. The summed E-state index contributed by atoms with van der Waals surface area (Å²) in [5, 5.41) is 15.7. The fraction of sp³-hybridized carbons (Fsp3) is 0.324. The number of nitrogens with one attached hydrogen (secondary N) is 2. The van der Waals surface area contributed by atoms with Crippen LogP contribution in [0.2, 0.25) is 0 Å². The lowest BCUT2D eigenvalue weighted by Crippen LogP contribution is -2.42. The summed E-state index contributed by atoms with van der Waals surface area (Å²) >= 11 is 0. The van der Waals surface area contributed by atoms with Gasteiger partial charge in [0.25, 0.3) is 0 Å². The van der Waals surface area contributed by atoms with Gasteiger partial charge in [-0.15, -0.1) is 13.2 Å². The van der Waals surface area contributed by atoms with Gasteiger partial charge in [-0.05, 0) is 48.8 Å². The smallest absolute Gasteiger partial charge is 0.309 e. The summed E-state index contributed by atoms with van der Waals surface area (Å²) in [6.45, 7) is 7.28. The molecule has 0 spiro atoms. The molecule has 3 aromatic carbocycles. The van der Waals surface area contributed by atoms with Gasteiger partial charge in [-0.2, -0.15) is 0 Å². The second-order valence-corrected chi connectivity index (χ2v) is 10.9. The van der Waals surface area contributed by atoms with Gasteiger partial charge in [0.15, 0.2) is 0 Å². The Morgan fingerprint density at radius 2 is 1.36 bits per heavy atom. The van der Waals surface area contributed by atoms with Crippen LogP contribution in [0.5, 0.6) is 0 Å². The molecule has 3 N–H and O–H groups in total.